The van der Waals surface area contributed by atoms with Crippen LogP contribution in [0.2, 0.25) is 5.02 Å². The first kappa shape index (κ1) is 21.3. The highest BCUT2D eigenvalue weighted by Gasteiger charge is 2.36. The van der Waals surface area contributed by atoms with Crippen molar-refractivity contribution in [2.24, 2.45) is 5.92 Å². The summed E-state index contributed by atoms with van der Waals surface area (Å²) in [6.07, 6.45) is 0.852. The molecule has 0 bridgehead atoms. The first-order valence-electron chi connectivity index (χ1n) is 10.2. The summed E-state index contributed by atoms with van der Waals surface area (Å²) in [6.45, 7) is 4.87. The molecule has 0 saturated carbocycles. The monoisotopic (exact) mass is 443 g/mol. The summed E-state index contributed by atoms with van der Waals surface area (Å²) in [5.41, 5.74) is 1.06. The standard InChI is InChI=1S/C23H23ClFN3O3/c1-14(2)13-30-16-8-6-15(7-9-16)22-26-23(31-27-22)20-10-11-21(29)28(20)12-17-18(24)4-3-5-19(17)25/h3-9,14,20H,10-13H2,1-2H3. The van der Waals surface area contributed by atoms with Crippen LogP contribution in [0.15, 0.2) is 47.0 Å². The van der Waals surface area contributed by atoms with E-state index in [1.807, 2.05) is 24.3 Å². The van der Waals surface area contributed by atoms with Crippen LogP contribution in [-0.2, 0) is 11.3 Å². The van der Waals surface area contributed by atoms with Crippen molar-refractivity contribution in [1.29, 1.82) is 0 Å². The van der Waals surface area contributed by atoms with Gasteiger partial charge in [0.1, 0.15) is 17.6 Å². The third-order valence-electron chi connectivity index (χ3n) is 5.14. The van der Waals surface area contributed by atoms with Gasteiger partial charge in [0.05, 0.1) is 13.2 Å². The molecule has 6 nitrogen and oxygen atoms in total. The number of carbonyl (C=O) groups is 1. The maximum absolute atomic E-state index is 14.2. The largest absolute Gasteiger partial charge is 0.493 e. The van der Waals surface area contributed by atoms with Crippen LogP contribution in [0.1, 0.15) is 44.2 Å². The molecule has 2 heterocycles. The molecule has 1 atom stereocenters. The van der Waals surface area contributed by atoms with Crippen LogP contribution < -0.4 is 4.74 Å². The number of amides is 1. The lowest BCUT2D eigenvalue weighted by Crippen LogP contribution is -2.28. The molecule has 4 rings (SSSR count). The van der Waals surface area contributed by atoms with E-state index in [1.165, 1.54) is 12.1 Å². The Morgan fingerprint density at radius 2 is 2.03 bits per heavy atom. The van der Waals surface area contributed by atoms with Crippen LogP contribution in [0.25, 0.3) is 11.4 Å². The second-order valence-corrected chi connectivity index (χ2v) is 8.37. The highest BCUT2D eigenvalue weighted by molar-refractivity contribution is 6.31. The van der Waals surface area contributed by atoms with Crippen molar-refractivity contribution in [2.45, 2.75) is 39.3 Å². The second-order valence-electron chi connectivity index (χ2n) is 7.96. The molecule has 31 heavy (non-hydrogen) atoms. The van der Waals surface area contributed by atoms with Crippen LogP contribution in [-0.4, -0.2) is 27.6 Å². The lowest BCUT2D eigenvalue weighted by Gasteiger charge is -2.22. The zero-order valence-electron chi connectivity index (χ0n) is 17.3. The summed E-state index contributed by atoms with van der Waals surface area (Å²) >= 11 is 6.15. The van der Waals surface area contributed by atoms with Gasteiger partial charge in [-0.3, -0.25) is 4.79 Å². The van der Waals surface area contributed by atoms with E-state index in [4.69, 9.17) is 20.9 Å². The Morgan fingerprint density at radius 3 is 2.74 bits per heavy atom. The maximum atomic E-state index is 14.2. The average Bonchev–Trinajstić information content (AvgIpc) is 3.37. The minimum Gasteiger partial charge on any atom is -0.493 e. The smallest absolute Gasteiger partial charge is 0.249 e. The van der Waals surface area contributed by atoms with Gasteiger partial charge >= 0.3 is 0 Å². The Kier molecular flexibility index (Phi) is 6.23. The quantitative estimate of drug-likeness (QED) is 0.487. The average molecular weight is 444 g/mol. The molecule has 1 fully saturated rings. The van der Waals surface area contributed by atoms with Crippen molar-refractivity contribution in [3.63, 3.8) is 0 Å². The number of hydrogen-bond acceptors (Lipinski definition) is 5. The molecular weight excluding hydrogens is 421 g/mol. The number of likely N-dealkylation sites (tertiary alicyclic amines) is 1. The van der Waals surface area contributed by atoms with Crippen LogP contribution in [0.3, 0.4) is 0 Å². The fourth-order valence-corrected chi connectivity index (χ4v) is 3.72. The number of carbonyl (C=O) groups excluding carboxylic acids is 1. The molecule has 0 aliphatic carbocycles. The predicted octanol–water partition coefficient (Wildman–Crippen LogP) is 5.43. The fourth-order valence-electron chi connectivity index (χ4n) is 3.49. The SMILES string of the molecule is CC(C)COc1ccc(-c2noc(C3CCC(=O)N3Cc3c(F)cccc3Cl)n2)cc1. The Bertz CT molecular complexity index is 1050. The van der Waals surface area contributed by atoms with Gasteiger partial charge in [-0.05, 0) is 48.7 Å². The molecule has 8 heteroatoms. The van der Waals surface area contributed by atoms with Gasteiger partial charge in [-0.15, -0.1) is 0 Å². The summed E-state index contributed by atoms with van der Waals surface area (Å²) in [4.78, 5) is 18.5. The van der Waals surface area contributed by atoms with Gasteiger partial charge in [-0.25, -0.2) is 4.39 Å². The lowest BCUT2D eigenvalue weighted by molar-refractivity contribution is -0.130. The molecule has 1 unspecified atom stereocenters. The van der Waals surface area contributed by atoms with Gasteiger partial charge in [0, 0.05) is 22.6 Å². The van der Waals surface area contributed by atoms with E-state index in [1.54, 1.807) is 11.0 Å². The topological polar surface area (TPSA) is 68.5 Å². The number of aromatic nitrogens is 2. The fraction of sp³-hybridized carbons (Fsp3) is 0.348. The molecule has 0 spiro atoms. The van der Waals surface area contributed by atoms with E-state index in [0.717, 1.165) is 11.3 Å². The van der Waals surface area contributed by atoms with Crippen molar-refractivity contribution in [3.8, 4) is 17.1 Å². The first-order valence-corrected chi connectivity index (χ1v) is 10.6. The predicted molar refractivity (Wildman–Crippen MR) is 114 cm³/mol. The highest BCUT2D eigenvalue weighted by atomic mass is 35.5. The van der Waals surface area contributed by atoms with Gasteiger partial charge in [-0.2, -0.15) is 4.98 Å². The summed E-state index contributed by atoms with van der Waals surface area (Å²) in [6, 6.07) is 11.5. The zero-order chi connectivity index (χ0) is 22.0. The summed E-state index contributed by atoms with van der Waals surface area (Å²) < 4.78 is 25.4. The molecule has 1 aliphatic heterocycles. The van der Waals surface area contributed by atoms with E-state index >= 15 is 0 Å². The molecule has 3 aromatic rings. The summed E-state index contributed by atoms with van der Waals surface area (Å²) in [5, 5.41) is 4.35. The van der Waals surface area contributed by atoms with E-state index in [9.17, 15) is 9.18 Å². The molecule has 0 radical (unpaired) electrons. The van der Waals surface area contributed by atoms with Gasteiger partial charge in [0.25, 0.3) is 0 Å². The van der Waals surface area contributed by atoms with Crippen molar-refractivity contribution < 1.29 is 18.4 Å². The van der Waals surface area contributed by atoms with Gasteiger partial charge in [0.15, 0.2) is 0 Å². The number of benzene rings is 2. The Balaban J connectivity index is 1.51. The minimum absolute atomic E-state index is 0.0502. The second kappa shape index (κ2) is 9.06. The summed E-state index contributed by atoms with van der Waals surface area (Å²) in [5.74, 6) is 1.42. The van der Waals surface area contributed by atoms with Crippen LogP contribution in [0, 0.1) is 11.7 Å². The minimum atomic E-state index is -0.447. The van der Waals surface area contributed by atoms with Crippen LogP contribution in [0.5, 0.6) is 5.75 Å². The molecular formula is C23H23ClFN3O3. The van der Waals surface area contributed by atoms with Crippen molar-refractivity contribution in [2.75, 3.05) is 6.61 Å². The normalized spacial score (nSPS) is 16.4. The first-order chi connectivity index (χ1) is 14.9. The third kappa shape index (κ3) is 4.71. The number of rotatable bonds is 7. The van der Waals surface area contributed by atoms with E-state index in [0.29, 0.717) is 37.1 Å². The van der Waals surface area contributed by atoms with Crippen molar-refractivity contribution in [3.05, 3.63) is 64.8 Å². The molecule has 162 valence electrons. The molecule has 1 saturated heterocycles. The number of nitrogens with zero attached hydrogens (tertiary/aromatic N) is 3. The van der Waals surface area contributed by atoms with Gasteiger partial charge < -0.3 is 14.2 Å². The van der Waals surface area contributed by atoms with Crippen molar-refractivity contribution >= 4 is 17.5 Å². The van der Waals surface area contributed by atoms with Crippen LogP contribution >= 0.6 is 11.6 Å². The number of hydrogen-bond donors (Lipinski definition) is 0. The Hall–Kier alpha value is -2.93. The summed E-state index contributed by atoms with van der Waals surface area (Å²) in [7, 11) is 0. The van der Waals surface area contributed by atoms with Crippen LogP contribution in [0.4, 0.5) is 4.39 Å². The Labute approximate surface area is 185 Å². The van der Waals surface area contributed by atoms with Gasteiger partial charge in [-0.1, -0.05) is 36.7 Å². The van der Waals surface area contributed by atoms with Gasteiger partial charge in [0.2, 0.25) is 17.6 Å². The molecule has 1 aromatic heterocycles. The number of ether oxygens (including phenoxy) is 1. The maximum Gasteiger partial charge on any atom is 0.249 e. The molecule has 2 aromatic carbocycles. The molecule has 1 amide bonds. The third-order valence-corrected chi connectivity index (χ3v) is 5.50. The van der Waals surface area contributed by atoms with E-state index < -0.39 is 11.9 Å². The molecule has 1 aliphatic rings. The number of halogens is 2. The molecule has 0 N–H and O–H groups in total. The van der Waals surface area contributed by atoms with Crippen molar-refractivity contribution in [1.82, 2.24) is 15.0 Å². The lowest BCUT2D eigenvalue weighted by atomic mass is 10.1. The zero-order valence-corrected chi connectivity index (χ0v) is 18.1. The van der Waals surface area contributed by atoms with E-state index in [2.05, 4.69) is 24.0 Å². The Morgan fingerprint density at radius 1 is 1.26 bits per heavy atom. The highest BCUT2D eigenvalue weighted by Crippen LogP contribution is 2.35. The van der Waals surface area contributed by atoms with E-state index in [-0.39, 0.29) is 23.0 Å².